The summed E-state index contributed by atoms with van der Waals surface area (Å²) < 4.78 is 8.93. The van der Waals surface area contributed by atoms with Crippen LogP contribution in [0.15, 0.2) is 29.0 Å². The Labute approximate surface area is 130 Å². The molecule has 0 aliphatic carbocycles. The SMILES string of the molecule is CCn1cc(COc2c(C)cc(Br)cc2CBr)cn1. The first-order chi connectivity index (χ1) is 9.13. The molecule has 1 aromatic carbocycles. The van der Waals surface area contributed by atoms with Crippen LogP contribution in [0.1, 0.15) is 23.6 Å². The summed E-state index contributed by atoms with van der Waals surface area (Å²) in [6.07, 6.45) is 3.87. The monoisotopic (exact) mass is 386 g/mol. The fourth-order valence-electron chi connectivity index (χ4n) is 1.91. The summed E-state index contributed by atoms with van der Waals surface area (Å²) in [5, 5.41) is 5.02. The first kappa shape index (κ1) is 14.6. The van der Waals surface area contributed by atoms with Crippen LogP contribution >= 0.6 is 31.9 Å². The van der Waals surface area contributed by atoms with Gasteiger partial charge in [-0.15, -0.1) is 0 Å². The first-order valence-electron chi connectivity index (χ1n) is 6.13. The summed E-state index contributed by atoms with van der Waals surface area (Å²) in [4.78, 5) is 0. The van der Waals surface area contributed by atoms with E-state index in [0.717, 1.165) is 38.8 Å². The van der Waals surface area contributed by atoms with Crippen LogP contribution in [0.25, 0.3) is 0 Å². The summed E-state index contributed by atoms with van der Waals surface area (Å²) in [5.41, 5.74) is 3.37. The van der Waals surface area contributed by atoms with Gasteiger partial charge in [-0.2, -0.15) is 5.10 Å². The largest absolute Gasteiger partial charge is 0.488 e. The minimum atomic E-state index is 0.544. The van der Waals surface area contributed by atoms with E-state index in [1.165, 1.54) is 0 Å². The number of ether oxygens (including phenoxy) is 1. The number of nitrogens with zero attached hydrogens (tertiary/aromatic N) is 2. The Morgan fingerprint density at radius 3 is 2.79 bits per heavy atom. The molecule has 0 saturated heterocycles. The molecule has 0 N–H and O–H groups in total. The van der Waals surface area contributed by atoms with Gasteiger partial charge in [-0.25, -0.2) is 0 Å². The van der Waals surface area contributed by atoms with E-state index in [-0.39, 0.29) is 0 Å². The highest BCUT2D eigenvalue weighted by molar-refractivity contribution is 9.10. The number of hydrogen-bond donors (Lipinski definition) is 0. The number of rotatable bonds is 5. The van der Waals surface area contributed by atoms with E-state index in [9.17, 15) is 0 Å². The Balaban J connectivity index is 2.14. The van der Waals surface area contributed by atoms with Gasteiger partial charge < -0.3 is 4.74 Å². The van der Waals surface area contributed by atoms with Crippen LogP contribution in [0.3, 0.4) is 0 Å². The second-order valence-electron chi connectivity index (χ2n) is 4.34. The highest BCUT2D eigenvalue weighted by Crippen LogP contribution is 2.30. The number of halogens is 2. The van der Waals surface area contributed by atoms with Crippen LogP contribution in [-0.4, -0.2) is 9.78 Å². The minimum Gasteiger partial charge on any atom is -0.488 e. The van der Waals surface area contributed by atoms with Gasteiger partial charge in [0.05, 0.1) is 6.20 Å². The van der Waals surface area contributed by atoms with Gasteiger partial charge in [-0.3, -0.25) is 4.68 Å². The van der Waals surface area contributed by atoms with Crippen molar-refractivity contribution in [3.8, 4) is 5.75 Å². The quantitative estimate of drug-likeness (QED) is 0.708. The third kappa shape index (κ3) is 3.60. The summed E-state index contributed by atoms with van der Waals surface area (Å²) in [6.45, 7) is 5.55. The highest BCUT2D eigenvalue weighted by Gasteiger charge is 2.09. The van der Waals surface area contributed by atoms with Crippen LogP contribution in [0, 0.1) is 6.92 Å². The van der Waals surface area contributed by atoms with Gasteiger partial charge in [0.25, 0.3) is 0 Å². The highest BCUT2D eigenvalue weighted by atomic mass is 79.9. The van der Waals surface area contributed by atoms with E-state index in [1.807, 2.05) is 17.1 Å². The predicted molar refractivity (Wildman–Crippen MR) is 83.7 cm³/mol. The van der Waals surface area contributed by atoms with Crippen LogP contribution < -0.4 is 4.74 Å². The fraction of sp³-hybridized carbons (Fsp3) is 0.357. The van der Waals surface area contributed by atoms with Crippen molar-refractivity contribution in [2.24, 2.45) is 0 Å². The Hall–Kier alpha value is -0.810. The smallest absolute Gasteiger partial charge is 0.126 e. The molecule has 0 fully saturated rings. The topological polar surface area (TPSA) is 27.1 Å². The lowest BCUT2D eigenvalue weighted by molar-refractivity contribution is 0.301. The maximum Gasteiger partial charge on any atom is 0.126 e. The molecule has 1 heterocycles. The Kier molecular flexibility index (Phi) is 5.05. The molecule has 0 radical (unpaired) electrons. The van der Waals surface area contributed by atoms with Crippen molar-refractivity contribution in [3.05, 3.63) is 45.7 Å². The second kappa shape index (κ2) is 6.57. The lowest BCUT2D eigenvalue weighted by atomic mass is 10.1. The predicted octanol–water partition coefficient (Wildman–Crippen LogP) is 4.45. The van der Waals surface area contributed by atoms with E-state index < -0.39 is 0 Å². The number of aryl methyl sites for hydroxylation is 2. The molecule has 5 heteroatoms. The van der Waals surface area contributed by atoms with Crippen molar-refractivity contribution in [2.45, 2.75) is 32.3 Å². The molecule has 102 valence electrons. The third-order valence-corrected chi connectivity index (χ3v) is 3.92. The Morgan fingerprint density at radius 1 is 1.37 bits per heavy atom. The molecule has 3 nitrogen and oxygen atoms in total. The number of benzene rings is 1. The maximum absolute atomic E-state index is 5.95. The van der Waals surface area contributed by atoms with Crippen LogP contribution in [0.5, 0.6) is 5.75 Å². The standard InChI is InChI=1S/C14H16Br2N2O/c1-3-18-8-11(7-17-18)9-19-14-10(2)4-13(16)5-12(14)6-15/h4-5,7-8H,3,6,9H2,1-2H3. The molecule has 0 saturated carbocycles. The van der Waals surface area contributed by atoms with Crippen molar-refractivity contribution in [2.75, 3.05) is 0 Å². The molecule has 1 aromatic heterocycles. The zero-order valence-corrected chi connectivity index (χ0v) is 14.2. The van der Waals surface area contributed by atoms with Crippen molar-refractivity contribution < 1.29 is 4.74 Å². The van der Waals surface area contributed by atoms with Crippen molar-refractivity contribution in [1.29, 1.82) is 0 Å². The molecule has 0 bridgehead atoms. The van der Waals surface area contributed by atoms with E-state index in [4.69, 9.17) is 4.74 Å². The van der Waals surface area contributed by atoms with Crippen molar-refractivity contribution >= 4 is 31.9 Å². The second-order valence-corrected chi connectivity index (χ2v) is 5.81. The molecule has 2 rings (SSSR count). The van der Waals surface area contributed by atoms with Gasteiger partial charge in [0.15, 0.2) is 0 Å². The zero-order chi connectivity index (χ0) is 13.8. The summed E-state index contributed by atoms with van der Waals surface area (Å²) in [6, 6.07) is 4.14. The van der Waals surface area contributed by atoms with Crippen LogP contribution in [0.4, 0.5) is 0 Å². The van der Waals surface area contributed by atoms with Gasteiger partial charge >= 0.3 is 0 Å². The van der Waals surface area contributed by atoms with Crippen molar-refractivity contribution in [3.63, 3.8) is 0 Å². The molecule has 2 aromatic rings. The van der Waals surface area contributed by atoms with Crippen LogP contribution in [-0.2, 0) is 18.5 Å². The normalized spacial score (nSPS) is 10.7. The number of alkyl halides is 1. The molecule has 0 spiro atoms. The van der Waals surface area contributed by atoms with Crippen LogP contribution in [0.2, 0.25) is 0 Å². The van der Waals surface area contributed by atoms with Gasteiger partial charge in [-0.05, 0) is 31.5 Å². The molecular formula is C14H16Br2N2O. The van der Waals surface area contributed by atoms with Gasteiger partial charge in [0.2, 0.25) is 0 Å². The van der Waals surface area contributed by atoms with E-state index >= 15 is 0 Å². The molecule has 0 aliphatic heterocycles. The van der Waals surface area contributed by atoms with Gasteiger partial charge in [0, 0.05) is 33.7 Å². The molecule has 0 unspecified atom stereocenters. The number of aromatic nitrogens is 2. The van der Waals surface area contributed by atoms with Crippen molar-refractivity contribution in [1.82, 2.24) is 9.78 Å². The Morgan fingerprint density at radius 2 is 2.16 bits per heavy atom. The molecular weight excluding hydrogens is 372 g/mol. The van der Waals surface area contributed by atoms with E-state index in [2.05, 4.69) is 62.9 Å². The Bertz CT molecular complexity index is 567. The summed E-state index contributed by atoms with van der Waals surface area (Å²) >= 11 is 7.01. The molecule has 0 aliphatic rings. The zero-order valence-electron chi connectivity index (χ0n) is 11.0. The average molecular weight is 388 g/mol. The molecule has 0 atom stereocenters. The average Bonchev–Trinajstić information content (AvgIpc) is 2.84. The maximum atomic E-state index is 5.95. The summed E-state index contributed by atoms with van der Waals surface area (Å²) in [5.74, 6) is 0.948. The molecule has 0 amide bonds. The lowest BCUT2D eigenvalue weighted by Gasteiger charge is -2.13. The first-order valence-corrected chi connectivity index (χ1v) is 8.04. The van der Waals surface area contributed by atoms with Gasteiger partial charge in [-0.1, -0.05) is 31.9 Å². The fourth-order valence-corrected chi connectivity index (χ4v) is 2.95. The third-order valence-electron chi connectivity index (χ3n) is 2.85. The van der Waals surface area contributed by atoms with E-state index in [1.54, 1.807) is 0 Å². The summed E-state index contributed by atoms with van der Waals surface area (Å²) in [7, 11) is 0. The van der Waals surface area contributed by atoms with E-state index in [0.29, 0.717) is 6.61 Å². The van der Waals surface area contributed by atoms with Gasteiger partial charge in [0.1, 0.15) is 12.4 Å². The number of hydrogen-bond acceptors (Lipinski definition) is 2. The molecule has 19 heavy (non-hydrogen) atoms. The minimum absolute atomic E-state index is 0.544. The lowest BCUT2D eigenvalue weighted by Crippen LogP contribution is -1.99.